The highest BCUT2D eigenvalue weighted by Gasteiger charge is 2.25. The Morgan fingerprint density at radius 3 is 1.92 bits per heavy atom. The van der Waals surface area contributed by atoms with E-state index >= 15 is 0 Å². The Kier molecular flexibility index (Phi) is 6.20. The van der Waals surface area contributed by atoms with Gasteiger partial charge in [0, 0.05) is 5.92 Å². The Hall–Kier alpha value is -1.91. The first-order chi connectivity index (χ1) is 11.7. The van der Waals surface area contributed by atoms with E-state index in [1.807, 2.05) is 20.0 Å². The fourth-order valence-corrected chi connectivity index (χ4v) is 2.28. The number of halogens is 1. The summed E-state index contributed by atoms with van der Waals surface area (Å²) < 4.78 is 13.5. The summed E-state index contributed by atoms with van der Waals surface area (Å²) in [4.78, 5) is 0. The van der Waals surface area contributed by atoms with Gasteiger partial charge in [-0.15, -0.1) is 0 Å². The van der Waals surface area contributed by atoms with E-state index in [-0.39, 0.29) is 0 Å². The van der Waals surface area contributed by atoms with Crippen LogP contribution in [0.1, 0.15) is 94.7 Å². The molecule has 0 unspecified atom stereocenters. The second-order valence-corrected chi connectivity index (χ2v) is 7.84. The second kappa shape index (κ2) is 7.98. The average molecular weight is 344 g/mol. The van der Waals surface area contributed by atoms with Gasteiger partial charge in [0.1, 0.15) is 5.67 Å². The molecule has 0 aromatic carbocycles. The summed E-state index contributed by atoms with van der Waals surface area (Å²) >= 11 is 0. The molecule has 0 saturated heterocycles. The number of nitrogens with zero attached hydrogens (tertiary/aromatic N) is 4. The maximum absolute atomic E-state index is 13.5. The molecule has 0 radical (unpaired) electrons. The molecule has 0 amide bonds. The quantitative estimate of drug-likeness (QED) is 0.757. The third-order valence-electron chi connectivity index (χ3n) is 4.31. The van der Waals surface area contributed by atoms with Gasteiger partial charge in [0.2, 0.25) is 0 Å². The van der Waals surface area contributed by atoms with E-state index < -0.39 is 5.67 Å². The number of hydrogen-bond acceptors (Lipinski definition) is 4. The normalized spacial score (nSPS) is 14.4. The summed E-state index contributed by atoms with van der Waals surface area (Å²) in [5, 5.41) is 15.7. The molecule has 1 saturated carbocycles. The van der Waals surface area contributed by atoms with Crippen molar-refractivity contribution in [3.63, 3.8) is 0 Å². The van der Waals surface area contributed by atoms with Crippen LogP contribution < -0.4 is 0 Å². The minimum atomic E-state index is -1.40. The first-order valence-electron chi connectivity index (χ1n) is 9.03. The fourth-order valence-electron chi connectivity index (χ4n) is 2.28. The van der Waals surface area contributed by atoms with Crippen LogP contribution in [-0.2, 0) is 5.67 Å². The van der Waals surface area contributed by atoms with Crippen molar-refractivity contribution in [3.05, 3.63) is 47.0 Å². The number of hydrogen-bond donors (Lipinski definition) is 0. The van der Waals surface area contributed by atoms with Gasteiger partial charge in [-0.2, -0.15) is 20.4 Å². The Balaban J connectivity index is 0.000000181. The van der Waals surface area contributed by atoms with Crippen molar-refractivity contribution in [2.24, 2.45) is 0 Å². The summed E-state index contributed by atoms with van der Waals surface area (Å²) in [6.07, 6.45) is 6.16. The average Bonchev–Trinajstić information content (AvgIpc) is 3.40. The van der Waals surface area contributed by atoms with Crippen molar-refractivity contribution < 1.29 is 4.39 Å². The lowest BCUT2D eigenvalue weighted by atomic mass is 10.0. The SMILES string of the molecule is CC(C)c1cnnc(C(C)(C)F)c1.CC(C)c1cnnc(C2CC2)c1. The molecule has 2 aromatic rings. The molecule has 25 heavy (non-hydrogen) atoms. The van der Waals surface area contributed by atoms with Crippen LogP contribution in [0, 0.1) is 0 Å². The summed E-state index contributed by atoms with van der Waals surface area (Å²) in [5.41, 5.74) is 2.53. The number of rotatable bonds is 4. The zero-order valence-corrected chi connectivity index (χ0v) is 16.1. The van der Waals surface area contributed by atoms with Gasteiger partial charge in [-0.25, -0.2) is 4.39 Å². The van der Waals surface area contributed by atoms with Gasteiger partial charge in [0.05, 0.1) is 23.8 Å². The first kappa shape index (κ1) is 19.4. The topological polar surface area (TPSA) is 51.6 Å². The summed E-state index contributed by atoms with van der Waals surface area (Å²) in [7, 11) is 0. The van der Waals surface area contributed by atoms with Crippen LogP contribution in [0.4, 0.5) is 4.39 Å². The lowest BCUT2D eigenvalue weighted by molar-refractivity contribution is 0.212. The monoisotopic (exact) mass is 344 g/mol. The van der Waals surface area contributed by atoms with Crippen LogP contribution in [0.3, 0.4) is 0 Å². The Bertz CT molecular complexity index is 671. The molecular formula is C20H29FN4. The smallest absolute Gasteiger partial charge is 0.149 e. The second-order valence-electron chi connectivity index (χ2n) is 7.84. The van der Waals surface area contributed by atoms with E-state index in [4.69, 9.17) is 0 Å². The van der Waals surface area contributed by atoms with Crippen molar-refractivity contribution in [1.82, 2.24) is 20.4 Å². The van der Waals surface area contributed by atoms with Gasteiger partial charge in [0.15, 0.2) is 0 Å². The molecule has 0 spiro atoms. The van der Waals surface area contributed by atoms with Gasteiger partial charge < -0.3 is 0 Å². The standard InChI is InChI=1S/C10H15FN2.C10H14N2/c1-7(2)8-5-9(10(3,4)11)13-12-6-8;1-7(2)9-5-10(8-3-4-8)12-11-6-9/h5-7H,1-4H3;5-8H,3-4H2,1-2H3. The molecule has 0 aliphatic heterocycles. The predicted molar refractivity (Wildman–Crippen MR) is 98.4 cm³/mol. The zero-order valence-electron chi connectivity index (χ0n) is 16.1. The molecule has 0 atom stereocenters. The zero-order chi connectivity index (χ0) is 18.6. The van der Waals surface area contributed by atoms with E-state index in [1.165, 1.54) is 37.9 Å². The van der Waals surface area contributed by atoms with Crippen LogP contribution in [0.5, 0.6) is 0 Å². The van der Waals surface area contributed by atoms with Gasteiger partial charge in [-0.05, 0) is 61.8 Å². The van der Waals surface area contributed by atoms with Crippen LogP contribution >= 0.6 is 0 Å². The lowest BCUT2D eigenvalue weighted by Crippen LogP contribution is -2.13. The van der Waals surface area contributed by atoms with Gasteiger partial charge in [0.25, 0.3) is 0 Å². The van der Waals surface area contributed by atoms with E-state index in [0.717, 1.165) is 11.5 Å². The largest absolute Gasteiger partial charge is 0.238 e. The predicted octanol–water partition coefficient (Wildman–Crippen LogP) is 5.28. The van der Waals surface area contributed by atoms with Crippen LogP contribution in [0.25, 0.3) is 0 Å². The van der Waals surface area contributed by atoms with E-state index in [9.17, 15) is 4.39 Å². The Labute approximate surface area is 150 Å². The van der Waals surface area contributed by atoms with Gasteiger partial charge >= 0.3 is 0 Å². The molecule has 4 nitrogen and oxygen atoms in total. The molecule has 136 valence electrons. The minimum absolute atomic E-state index is 0.358. The van der Waals surface area contributed by atoms with Crippen LogP contribution in [0.15, 0.2) is 24.5 Å². The Morgan fingerprint density at radius 1 is 0.920 bits per heavy atom. The van der Waals surface area contributed by atoms with Crippen molar-refractivity contribution in [1.29, 1.82) is 0 Å². The Morgan fingerprint density at radius 2 is 1.44 bits per heavy atom. The third-order valence-corrected chi connectivity index (χ3v) is 4.31. The molecule has 1 aliphatic carbocycles. The van der Waals surface area contributed by atoms with E-state index in [1.54, 1.807) is 12.3 Å². The molecular weight excluding hydrogens is 315 g/mol. The molecule has 2 heterocycles. The molecule has 3 rings (SSSR count). The summed E-state index contributed by atoms with van der Waals surface area (Å²) in [6.45, 7) is 11.4. The van der Waals surface area contributed by atoms with E-state index in [2.05, 4.69) is 40.3 Å². The fraction of sp³-hybridized carbons (Fsp3) is 0.600. The summed E-state index contributed by atoms with van der Waals surface area (Å²) in [6, 6.07) is 3.98. The van der Waals surface area contributed by atoms with Crippen molar-refractivity contribution in [2.45, 2.75) is 77.8 Å². The minimum Gasteiger partial charge on any atom is -0.238 e. The highest BCUT2D eigenvalue weighted by Crippen LogP contribution is 2.39. The highest BCUT2D eigenvalue weighted by molar-refractivity contribution is 5.21. The molecule has 2 aromatic heterocycles. The van der Waals surface area contributed by atoms with Crippen LogP contribution in [-0.4, -0.2) is 20.4 Å². The first-order valence-corrected chi connectivity index (χ1v) is 9.03. The molecule has 5 heteroatoms. The van der Waals surface area contributed by atoms with Gasteiger partial charge in [-0.1, -0.05) is 27.7 Å². The molecule has 1 aliphatic rings. The maximum atomic E-state index is 13.5. The maximum Gasteiger partial charge on any atom is 0.149 e. The number of alkyl halides is 1. The van der Waals surface area contributed by atoms with Gasteiger partial charge in [-0.3, -0.25) is 0 Å². The van der Waals surface area contributed by atoms with Crippen LogP contribution in [0.2, 0.25) is 0 Å². The molecule has 1 fully saturated rings. The summed E-state index contributed by atoms with van der Waals surface area (Å²) in [5.74, 6) is 1.64. The molecule has 0 N–H and O–H groups in total. The van der Waals surface area contributed by atoms with Crippen molar-refractivity contribution in [3.8, 4) is 0 Å². The highest BCUT2D eigenvalue weighted by atomic mass is 19.1. The van der Waals surface area contributed by atoms with E-state index in [0.29, 0.717) is 17.5 Å². The van der Waals surface area contributed by atoms with Crippen molar-refractivity contribution in [2.75, 3.05) is 0 Å². The van der Waals surface area contributed by atoms with Crippen molar-refractivity contribution >= 4 is 0 Å². The lowest BCUT2D eigenvalue weighted by Gasteiger charge is -2.14. The molecule has 0 bridgehead atoms. The third kappa shape index (κ3) is 5.83. The number of aromatic nitrogens is 4.